The van der Waals surface area contributed by atoms with Crippen LogP contribution in [0.3, 0.4) is 0 Å². The van der Waals surface area contributed by atoms with Gasteiger partial charge in [0.05, 0.1) is 0 Å². The molecule has 1 amide bonds. The van der Waals surface area contributed by atoms with Crippen molar-refractivity contribution in [2.24, 2.45) is 0 Å². The molecule has 118 valence electrons. The van der Waals surface area contributed by atoms with Gasteiger partial charge < -0.3 is 10.2 Å². The average molecular weight is 299 g/mol. The molecule has 22 heavy (non-hydrogen) atoms. The van der Waals surface area contributed by atoms with E-state index < -0.39 is 0 Å². The predicted molar refractivity (Wildman–Crippen MR) is 88.4 cm³/mol. The zero-order valence-corrected chi connectivity index (χ0v) is 13.2. The molecule has 1 aromatic carbocycles. The molecule has 0 radical (unpaired) electrons. The minimum Gasteiger partial charge on any atom is -0.384 e. The van der Waals surface area contributed by atoms with Crippen LogP contribution in [0, 0.1) is 0 Å². The number of anilines is 1. The first-order valence-electron chi connectivity index (χ1n) is 8.71. The molecule has 1 unspecified atom stereocenters. The number of benzene rings is 1. The summed E-state index contributed by atoms with van der Waals surface area (Å²) in [5.74, 6) is 0.221. The standard InChI is InChI=1S/C18H25N3O/c22-18(15-5-6-17-14(12-15)7-8-19-17)21-11-3-4-16(13-21)20-9-1-2-10-20/h5-6,12,16,19H,1-4,7-11,13H2. The van der Waals surface area contributed by atoms with E-state index in [2.05, 4.69) is 27.2 Å². The van der Waals surface area contributed by atoms with Crippen molar-refractivity contribution in [2.75, 3.05) is 38.0 Å². The summed E-state index contributed by atoms with van der Waals surface area (Å²) in [4.78, 5) is 17.5. The molecular weight excluding hydrogens is 274 g/mol. The van der Waals surface area contributed by atoms with Gasteiger partial charge in [0.1, 0.15) is 0 Å². The number of carbonyl (C=O) groups is 1. The molecule has 4 heteroatoms. The van der Waals surface area contributed by atoms with Gasteiger partial charge in [0.15, 0.2) is 0 Å². The molecule has 0 saturated carbocycles. The first kappa shape index (κ1) is 14.1. The number of hydrogen-bond donors (Lipinski definition) is 1. The van der Waals surface area contributed by atoms with Crippen LogP contribution in [0.25, 0.3) is 0 Å². The zero-order chi connectivity index (χ0) is 14.9. The maximum atomic E-state index is 12.8. The van der Waals surface area contributed by atoms with Crippen LogP contribution in [0.15, 0.2) is 18.2 Å². The number of amides is 1. The SMILES string of the molecule is O=C(c1ccc2c(c1)CCN2)N1CCCC(N2CCCC2)C1. The molecule has 0 bridgehead atoms. The highest BCUT2D eigenvalue weighted by Crippen LogP contribution is 2.25. The third-order valence-electron chi connectivity index (χ3n) is 5.40. The van der Waals surface area contributed by atoms with E-state index in [4.69, 9.17) is 0 Å². The van der Waals surface area contributed by atoms with Gasteiger partial charge in [0.2, 0.25) is 0 Å². The first-order valence-corrected chi connectivity index (χ1v) is 8.71. The van der Waals surface area contributed by atoms with Gasteiger partial charge in [-0.05, 0) is 69.0 Å². The maximum Gasteiger partial charge on any atom is 0.253 e. The molecule has 2 fully saturated rings. The Morgan fingerprint density at radius 2 is 2.00 bits per heavy atom. The number of fused-ring (bicyclic) bond motifs is 1. The van der Waals surface area contributed by atoms with E-state index in [1.54, 1.807) is 0 Å². The van der Waals surface area contributed by atoms with Crippen molar-refractivity contribution in [3.05, 3.63) is 29.3 Å². The summed E-state index contributed by atoms with van der Waals surface area (Å²) in [7, 11) is 0. The van der Waals surface area contributed by atoms with E-state index >= 15 is 0 Å². The Hall–Kier alpha value is -1.55. The van der Waals surface area contributed by atoms with Crippen molar-refractivity contribution < 1.29 is 4.79 Å². The van der Waals surface area contributed by atoms with Gasteiger partial charge in [-0.25, -0.2) is 0 Å². The van der Waals surface area contributed by atoms with E-state index in [0.29, 0.717) is 6.04 Å². The lowest BCUT2D eigenvalue weighted by atomic mass is 10.0. The van der Waals surface area contributed by atoms with E-state index in [1.807, 2.05) is 6.07 Å². The summed E-state index contributed by atoms with van der Waals surface area (Å²) < 4.78 is 0. The quantitative estimate of drug-likeness (QED) is 0.910. The van der Waals surface area contributed by atoms with Crippen molar-refractivity contribution in [2.45, 2.75) is 38.1 Å². The number of likely N-dealkylation sites (tertiary alicyclic amines) is 2. The molecule has 3 aliphatic heterocycles. The number of hydrogen-bond acceptors (Lipinski definition) is 3. The Morgan fingerprint density at radius 1 is 1.14 bits per heavy atom. The Labute approximate surface area is 132 Å². The van der Waals surface area contributed by atoms with Gasteiger partial charge in [-0.2, -0.15) is 0 Å². The van der Waals surface area contributed by atoms with Gasteiger partial charge >= 0.3 is 0 Å². The van der Waals surface area contributed by atoms with E-state index in [1.165, 1.54) is 43.6 Å². The Balaban J connectivity index is 1.47. The topological polar surface area (TPSA) is 35.6 Å². The summed E-state index contributed by atoms with van der Waals surface area (Å²) in [6.45, 7) is 5.26. The highest BCUT2D eigenvalue weighted by atomic mass is 16.2. The molecule has 4 nitrogen and oxygen atoms in total. The van der Waals surface area contributed by atoms with Gasteiger partial charge in [0, 0.05) is 36.9 Å². The maximum absolute atomic E-state index is 12.8. The largest absolute Gasteiger partial charge is 0.384 e. The lowest BCUT2D eigenvalue weighted by Gasteiger charge is -2.37. The number of nitrogens with one attached hydrogen (secondary N) is 1. The molecule has 1 aromatic rings. The monoisotopic (exact) mass is 299 g/mol. The van der Waals surface area contributed by atoms with Crippen LogP contribution in [0.5, 0.6) is 0 Å². The normalized spacial score (nSPS) is 25.1. The minimum absolute atomic E-state index is 0.221. The number of nitrogens with zero attached hydrogens (tertiary/aromatic N) is 2. The summed E-state index contributed by atoms with van der Waals surface area (Å²) >= 11 is 0. The molecule has 1 atom stereocenters. The zero-order valence-electron chi connectivity index (χ0n) is 13.2. The van der Waals surface area contributed by atoms with Crippen molar-refractivity contribution in [1.82, 2.24) is 9.80 Å². The van der Waals surface area contributed by atoms with Gasteiger partial charge in [-0.15, -0.1) is 0 Å². The fraction of sp³-hybridized carbons (Fsp3) is 0.611. The number of rotatable bonds is 2. The van der Waals surface area contributed by atoms with Gasteiger partial charge in [-0.1, -0.05) is 0 Å². The Morgan fingerprint density at radius 3 is 2.86 bits per heavy atom. The van der Waals surface area contributed by atoms with Crippen LogP contribution in [-0.2, 0) is 6.42 Å². The van der Waals surface area contributed by atoms with Crippen LogP contribution < -0.4 is 5.32 Å². The second-order valence-electron chi connectivity index (χ2n) is 6.84. The van der Waals surface area contributed by atoms with Crippen molar-refractivity contribution in [1.29, 1.82) is 0 Å². The molecule has 0 spiro atoms. The van der Waals surface area contributed by atoms with Crippen LogP contribution in [0.2, 0.25) is 0 Å². The van der Waals surface area contributed by atoms with Crippen LogP contribution >= 0.6 is 0 Å². The summed E-state index contributed by atoms with van der Waals surface area (Å²) in [6, 6.07) is 6.73. The fourth-order valence-corrected chi connectivity index (χ4v) is 4.16. The van der Waals surface area contributed by atoms with E-state index in [0.717, 1.165) is 38.0 Å². The third kappa shape index (κ3) is 2.60. The molecular formula is C18H25N3O. The fourth-order valence-electron chi connectivity index (χ4n) is 4.16. The second-order valence-corrected chi connectivity index (χ2v) is 6.84. The minimum atomic E-state index is 0.221. The van der Waals surface area contributed by atoms with E-state index in [-0.39, 0.29) is 5.91 Å². The summed E-state index contributed by atoms with van der Waals surface area (Å²) in [5, 5.41) is 3.36. The van der Waals surface area contributed by atoms with Crippen LogP contribution in [0.4, 0.5) is 5.69 Å². The molecule has 3 heterocycles. The highest BCUT2D eigenvalue weighted by molar-refractivity contribution is 5.95. The van der Waals surface area contributed by atoms with Crippen molar-refractivity contribution in [3.8, 4) is 0 Å². The van der Waals surface area contributed by atoms with Gasteiger partial charge in [0.25, 0.3) is 5.91 Å². The van der Waals surface area contributed by atoms with Crippen LogP contribution in [0.1, 0.15) is 41.6 Å². The second kappa shape index (κ2) is 5.92. The summed E-state index contributed by atoms with van der Waals surface area (Å²) in [5.41, 5.74) is 3.36. The predicted octanol–water partition coefficient (Wildman–Crippen LogP) is 2.36. The average Bonchev–Trinajstić information content (AvgIpc) is 3.25. The van der Waals surface area contributed by atoms with E-state index in [9.17, 15) is 4.79 Å². The molecule has 1 N–H and O–H groups in total. The Kier molecular flexibility index (Phi) is 3.78. The van der Waals surface area contributed by atoms with Crippen LogP contribution in [-0.4, -0.2) is 54.5 Å². The molecule has 4 rings (SSSR count). The molecule has 0 aliphatic carbocycles. The first-order chi connectivity index (χ1) is 10.8. The number of piperidine rings is 1. The highest BCUT2D eigenvalue weighted by Gasteiger charge is 2.29. The van der Waals surface area contributed by atoms with Crippen molar-refractivity contribution in [3.63, 3.8) is 0 Å². The molecule has 3 aliphatic rings. The lowest BCUT2D eigenvalue weighted by Crippen LogP contribution is -2.49. The lowest BCUT2D eigenvalue weighted by molar-refractivity contribution is 0.0608. The Bertz CT molecular complexity index is 565. The van der Waals surface area contributed by atoms with Gasteiger partial charge in [-0.3, -0.25) is 9.69 Å². The third-order valence-corrected chi connectivity index (χ3v) is 5.40. The molecule has 0 aromatic heterocycles. The van der Waals surface area contributed by atoms with Crippen molar-refractivity contribution >= 4 is 11.6 Å². The summed E-state index contributed by atoms with van der Waals surface area (Å²) in [6.07, 6.45) is 6.06. The molecule has 2 saturated heterocycles. The number of carbonyl (C=O) groups excluding carboxylic acids is 1. The smallest absolute Gasteiger partial charge is 0.253 e.